The number of rotatable bonds is 10. The molecule has 5 saturated heterocycles. The molecule has 13 heteroatoms. The molecular formula is C45H52O11P2. The molecule has 4 aromatic carbocycles. The van der Waals surface area contributed by atoms with E-state index in [9.17, 15) is 0 Å². The number of hydrogen-bond donors (Lipinski definition) is 0. The van der Waals surface area contributed by atoms with Gasteiger partial charge in [-0.15, -0.1) is 0 Å². The summed E-state index contributed by atoms with van der Waals surface area (Å²) in [6.07, 6.45) is -6.77. The van der Waals surface area contributed by atoms with Crippen molar-refractivity contribution in [2.75, 3.05) is 13.2 Å². The molecule has 0 amide bonds. The number of fused-ring (bicyclic) bond motifs is 4. The maximum absolute atomic E-state index is 7.53. The Kier molecular flexibility index (Phi) is 11.7. The van der Waals surface area contributed by atoms with Gasteiger partial charge in [0, 0.05) is 21.2 Å². The van der Waals surface area contributed by atoms with E-state index in [0.717, 1.165) is 21.2 Å². The Morgan fingerprint density at radius 3 is 1.29 bits per heavy atom. The molecule has 9 rings (SSSR count). The predicted molar refractivity (Wildman–Crippen MR) is 220 cm³/mol. The lowest BCUT2D eigenvalue weighted by atomic mass is 9.96. The average molecular weight is 831 g/mol. The fraction of sp³-hybridized carbons (Fsp3) is 0.467. The van der Waals surface area contributed by atoms with Crippen molar-refractivity contribution < 1.29 is 51.7 Å². The molecule has 58 heavy (non-hydrogen) atoms. The molecule has 0 saturated carbocycles. The van der Waals surface area contributed by atoms with E-state index in [1.54, 1.807) is 0 Å². The second-order valence-electron chi connectivity index (χ2n) is 16.4. The molecule has 0 aliphatic carbocycles. The van der Waals surface area contributed by atoms with E-state index in [0.29, 0.717) is 0 Å². The van der Waals surface area contributed by atoms with E-state index in [1.165, 1.54) is 0 Å². The molecule has 10 atom stereocenters. The van der Waals surface area contributed by atoms with Crippen LogP contribution in [-0.4, -0.2) is 92.0 Å². The predicted octanol–water partition coefficient (Wildman–Crippen LogP) is 6.14. The van der Waals surface area contributed by atoms with Crippen molar-refractivity contribution in [3.05, 3.63) is 121 Å². The van der Waals surface area contributed by atoms with Crippen molar-refractivity contribution in [1.82, 2.24) is 0 Å². The monoisotopic (exact) mass is 830 g/mol. The SMILES string of the molecule is CC1(C)O[C@@H]2[C@@H](O1)[C@@H](O[C@H]1O[C@@H]3COC(C)(C)O[C@H]3[C@H](OP(c3ccccc3)c3ccccc3)[C@H]1OP(c1ccccc1)c1ccccc1)O[C@@H]1COC(C)(C)O[C@@H]21. The third kappa shape index (κ3) is 8.72. The summed E-state index contributed by atoms with van der Waals surface area (Å²) in [7, 11) is -2.83. The van der Waals surface area contributed by atoms with Gasteiger partial charge in [-0.05, 0) is 41.5 Å². The largest absolute Gasteiger partial charge is 0.348 e. The lowest BCUT2D eigenvalue weighted by Gasteiger charge is -2.53. The third-order valence-corrected chi connectivity index (χ3v) is 14.7. The van der Waals surface area contributed by atoms with E-state index in [-0.39, 0.29) is 13.2 Å². The quantitative estimate of drug-likeness (QED) is 0.172. The van der Waals surface area contributed by atoms with Crippen LogP contribution in [0.15, 0.2) is 121 Å². The summed E-state index contributed by atoms with van der Waals surface area (Å²) in [5, 5.41) is 4.14. The normalized spacial score (nSPS) is 33.6. The van der Waals surface area contributed by atoms with Gasteiger partial charge in [-0.3, -0.25) is 0 Å². The molecule has 0 bridgehead atoms. The van der Waals surface area contributed by atoms with Gasteiger partial charge in [0.25, 0.3) is 0 Å². The number of hydrogen-bond acceptors (Lipinski definition) is 11. The van der Waals surface area contributed by atoms with Gasteiger partial charge in [0.1, 0.15) is 48.8 Å². The lowest BCUT2D eigenvalue weighted by Crippen LogP contribution is -2.68. The first kappa shape index (κ1) is 40.7. The molecule has 0 radical (unpaired) electrons. The van der Waals surface area contributed by atoms with E-state index < -0.39 is 95.1 Å². The Morgan fingerprint density at radius 2 is 0.810 bits per heavy atom. The standard InChI is InChI=1S/C45H52O11P2/c1-43(2)46-27-33-35(51-43)37-39(54-45(5,6)53-37)41(48-33)50-42-40(56-58(31-23-15-9-16-24-31)32-25-17-10-18-26-32)38(36-34(49-42)28-47-44(3,4)52-36)55-57(29-19-11-7-12-20-29)30-21-13-8-14-22-30/h7-26,33-42H,27-28H2,1-6H3/t33-,34-,35-,36-,37+,38+,39-,40-,41-,42-/m1/s1. The molecule has 5 heterocycles. The Hall–Kier alpha value is -2.70. The average Bonchev–Trinajstić information content (AvgIpc) is 3.56. The van der Waals surface area contributed by atoms with Crippen LogP contribution < -0.4 is 21.2 Å². The van der Waals surface area contributed by atoms with Gasteiger partial charge in [0.15, 0.2) is 29.9 Å². The van der Waals surface area contributed by atoms with E-state index in [4.69, 9.17) is 51.7 Å². The zero-order chi connectivity index (χ0) is 40.1. The first-order chi connectivity index (χ1) is 27.9. The fourth-order valence-electron chi connectivity index (χ4n) is 8.16. The molecular weight excluding hydrogens is 778 g/mol. The second kappa shape index (κ2) is 16.6. The minimum atomic E-state index is -1.44. The summed E-state index contributed by atoms with van der Waals surface area (Å²) >= 11 is 0. The summed E-state index contributed by atoms with van der Waals surface area (Å²) < 4.78 is 74.5. The zero-order valence-electron chi connectivity index (χ0n) is 33.6. The maximum atomic E-state index is 7.53. The van der Waals surface area contributed by atoms with Crippen LogP contribution in [0.2, 0.25) is 0 Å². The number of ether oxygens (including phenoxy) is 9. The third-order valence-electron chi connectivity index (χ3n) is 10.7. The van der Waals surface area contributed by atoms with Crippen molar-refractivity contribution in [2.45, 2.75) is 120 Å². The van der Waals surface area contributed by atoms with Gasteiger partial charge in [-0.1, -0.05) is 121 Å². The van der Waals surface area contributed by atoms with E-state index in [2.05, 4.69) is 48.5 Å². The summed E-state index contributed by atoms with van der Waals surface area (Å²) in [5.41, 5.74) is 0. The van der Waals surface area contributed by atoms with Crippen LogP contribution in [-0.2, 0) is 51.7 Å². The van der Waals surface area contributed by atoms with Crippen molar-refractivity contribution in [3.63, 3.8) is 0 Å². The highest BCUT2D eigenvalue weighted by Crippen LogP contribution is 2.49. The van der Waals surface area contributed by atoms with Crippen LogP contribution in [0, 0.1) is 0 Å². The van der Waals surface area contributed by atoms with Crippen LogP contribution in [0.25, 0.3) is 0 Å². The van der Waals surface area contributed by atoms with Crippen LogP contribution in [0.3, 0.4) is 0 Å². The van der Waals surface area contributed by atoms with Gasteiger partial charge in [0.05, 0.1) is 29.5 Å². The van der Waals surface area contributed by atoms with Gasteiger partial charge >= 0.3 is 0 Å². The molecule has 0 unspecified atom stereocenters. The first-order valence-corrected chi connectivity index (χ1v) is 22.5. The zero-order valence-corrected chi connectivity index (χ0v) is 35.4. The molecule has 0 spiro atoms. The van der Waals surface area contributed by atoms with Crippen molar-refractivity contribution in [1.29, 1.82) is 0 Å². The molecule has 5 aliphatic heterocycles. The molecule has 5 aliphatic rings. The van der Waals surface area contributed by atoms with E-state index >= 15 is 0 Å². The highest BCUT2D eigenvalue weighted by molar-refractivity contribution is 7.69. The van der Waals surface area contributed by atoms with Gasteiger partial charge in [-0.25, -0.2) is 0 Å². The summed E-state index contributed by atoms with van der Waals surface area (Å²) in [6, 6.07) is 41.1. The highest BCUT2D eigenvalue weighted by Gasteiger charge is 2.61. The molecule has 0 aromatic heterocycles. The van der Waals surface area contributed by atoms with Gasteiger partial charge < -0.3 is 51.7 Å². The van der Waals surface area contributed by atoms with Crippen molar-refractivity contribution in [3.8, 4) is 0 Å². The van der Waals surface area contributed by atoms with Crippen molar-refractivity contribution >= 4 is 37.5 Å². The molecule has 11 nitrogen and oxygen atoms in total. The molecule has 5 fully saturated rings. The summed E-state index contributed by atoms with van der Waals surface area (Å²) in [5.74, 6) is -2.66. The highest BCUT2D eigenvalue weighted by atomic mass is 31.1. The van der Waals surface area contributed by atoms with Gasteiger partial charge in [0.2, 0.25) is 0 Å². The molecule has 308 valence electrons. The smallest absolute Gasteiger partial charge is 0.190 e. The molecule has 4 aromatic rings. The van der Waals surface area contributed by atoms with Crippen LogP contribution in [0.1, 0.15) is 41.5 Å². The minimum Gasteiger partial charge on any atom is -0.348 e. The Bertz CT molecular complexity index is 1880. The second-order valence-corrected chi connectivity index (χ2v) is 20.1. The Labute approximate surface area is 343 Å². The van der Waals surface area contributed by atoms with Crippen molar-refractivity contribution in [2.24, 2.45) is 0 Å². The summed E-state index contributed by atoms with van der Waals surface area (Å²) in [4.78, 5) is 0. The maximum Gasteiger partial charge on any atom is 0.190 e. The molecule has 0 N–H and O–H groups in total. The van der Waals surface area contributed by atoms with E-state index in [1.807, 2.05) is 114 Å². The van der Waals surface area contributed by atoms with Crippen LogP contribution in [0.4, 0.5) is 0 Å². The number of benzene rings is 4. The minimum absolute atomic E-state index is 0.247. The Morgan fingerprint density at radius 1 is 0.431 bits per heavy atom. The van der Waals surface area contributed by atoms with Gasteiger partial charge in [-0.2, -0.15) is 0 Å². The fourth-order valence-corrected chi connectivity index (χ4v) is 12.0. The lowest BCUT2D eigenvalue weighted by molar-refractivity contribution is -0.414. The first-order valence-electron chi connectivity index (χ1n) is 20.0. The Balaban J connectivity index is 1.14. The van der Waals surface area contributed by atoms with Crippen LogP contribution >= 0.6 is 16.3 Å². The summed E-state index contributed by atoms with van der Waals surface area (Å²) in [6.45, 7) is 11.9. The topological polar surface area (TPSA) is 102 Å². The van der Waals surface area contributed by atoms with Crippen LogP contribution in [0.5, 0.6) is 0 Å².